The Labute approximate surface area is 177 Å². The van der Waals surface area contributed by atoms with Gasteiger partial charge in [-0.25, -0.2) is 14.4 Å². The highest BCUT2D eigenvalue weighted by atomic mass is 19.1. The molecule has 2 saturated heterocycles. The molecule has 0 aliphatic carbocycles. The van der Waals surface area contributed by atoms with E-state index in [4.69, 9.17) is 19.3 Å². The van der Waals surface area contributed by atoms with Gasteiger partial charge < -0.3 is 14.2 Å². The lowest BCUT2D eigenvalue weighted by Gasteiger charge is -2.17. The fraction of sp³-hybridized carbons (Fsp3) is 0.261. The van der Waals surface area contributed by atoms with Crippen molar-refractivity contribution in [3.05, 3.63) is 66.9 Å². The average Bonchev–Trinajstić information content (AvgIpc) is 3.51. The van der Waals surface area contributed by atoms with Crippen LogP contribution in [-0.4, -0.2) is 45.2 Å². The molecule has 4 aromatic rings. The number of fused-ring (bicyclic) bond motifs is 2. The maximum Gasteiger partial charge on any atom is 0.215 e. The Hall–Kier alpha value is -3.36. The molecule has 3 aromatic heterocycles. The van der Waals surface area contributed by atoms with Crippen LogP contribution in [0.15, 0.2) is 61.1 Å². The van der Waals surface area contributed by atoms with Crippen molar-refractivity contribution in [2.24, 2.45) is 5.92 Å². The van der Waals surface area contributed by atoms with Gasteiger partial charge in [-0.05, 0) is 42.8 Å². The van der Waals surface area contributed by atoms with E-state index in [2.05, 4.69) is 9.97 Å². The second-order valence-corrected chi connectivity index (χ2v) is 7.67. The number of rotatable bonds is 4. The summed E-state index contributed by atoms with van der Waals surface area (Å²) in [4.78, 5) is 8.46. The van der Waals surface area contributed by atoms with Gasteiger partial charge in [0, 0.05) is 17.8 Å². The second-order valence-electron chi connectivity index (χ2n) is 7.67. The summed E-state index contributed by atoms with van der Waals surface area (Å²) >= 11 is 0. The third kappa shape index (κ3) is 3.15. The smallest absolute Gasteiger partial charge is 0.215 e. The van der Waals surface area contributed by atoms with Crippen LogP contribution < -0.4 is 4.74 Å². The fourth-order valence-electron chi connectivity index (χ4n) is 4.34. The van der Waals surface area contributed by atoms with E-state index >= 15 is 0 Å². The van der Waals surface area contributed by atoms with E-state index in [9.17, 15) is 4.39 Å². The zero-order valence-electron chi connectivity index (χ0n) is 16.5. The maximum absolute atomic E-state index is 13.5. The molecule has 2 aliphatic rings. The zero-order chi connectivity index (χ0) is 20.8. The lowest BCUT2D eigenvalue weighted by Crippen LogP contribution is -2.27. The summed E-state index contributed by atoms with van der Waals surface area (Å²) in [6, 6.07) is 13.9. The van der Waals surface area contributed by atoms with Crippen LogP contribution in [0.4, 0.5) is 4.39 Å². The molecule has 1 aromatic carbocycles. The molecule has 0 N–H and O–H groups in total. The molecule has 0 spiro atoms. The van der Waals surface area contributed by atoms with Gasteiger partial charge >= 0.3 is 0 Å². The van der Waals surface area contributed by atoms with Crippen molar-refractivity contribution in [3.8, 4) is 28.4 Å². The van der Waals surface area contributed by atoms with Gasteiger partial charge in [-0.1, -0.05) is 6.07 Å². The van der Waals surface area contributed by atoms with E-state index in [0.29, 0.717) is 24.8 Å². The van der Waals surface area contributed by atoms with E-state index < -0.39 is 0 Å². The molecule has 6 rings (SSSR count). The Morgan fingerprint density at radius 2 is 1.97 bits per heavy atom. The van der Waals surface area contributed by atoms with E-state index in [0.717, 1.165) is 28.8 Å². The molecule has 0 saturated carbocycles. The third-order valence-corrected chi connectivity index (χ3v) is 5.84. The lowest BCUT2D eigenvalue weighted by molar-refractivity contribution is -0.0906. The monoisotopic (exact) mass is 418 g/mol. The van der Waals surface area contributed by atoms with Gasteiger partial charge in [0.1, 0.15) is 23.9 Å². The number of benzene rings is 1. The van der Waals surface area contributed by atoms with Crippen LogP contribution in [0.1, 0.15) is 6.42 Å². The Balaban J connectivity index is 1.49. The Morgan fingerprint density at radius 1 is 1.06 bits per heavy atom. The molecule has 156 valence electrons. The van der Waals surface area contributed by atoms with Crippen molar-refractivity contribution < 1.29 is 18.6 Å². The minimum absolute atomic E-state index is 0.0981. The summed E-state index contributed by atoms with van der Waals surface area (Å²) in [5.74, 6) is 0.528. The van der Waals surface area contributed by atoms with Gasteiger partial charge in [0.25, 0.3) is 0 Å². The minimum Gasteiger partial charge on any atom is -0.471 e. The third-order valence-electron chi connectivity index (χ3n) is 5.84. The molecule has 3 atom stereocenters. The Kier molecular flexibility index (Phi) is 4.40. The molecule has 31 heavy (non-hydrogen) atoms. The van der Waals surface area contributed by atoms with Gasteiger partial charge in [-0.3, -0.25) is 0 Å². The number of halogens is 1. The highest BCUT2D eigenvalue weighted by Crippen LogP contribution is 2.37. The SMILES string of the molecule is Fc1ccc(-c2nn3c(OC4COC5OCCC45)cccc3c2-c2ccncn2)cc1. The maximum atomic E-state index is 13.5. The van der Waals surface area contributed by atoms with E-state index in [1.54, 1.807) is 22.8 Å². The van der Waals surface area contributed by atoms with E-state index in [1.165, 1.54) is 18.5 Å². The molecule has 0 radical (unpaired) electrons. The molecule has 0 amide bonds. The number of aromatic nitrogens is 4. The predicted molar refractivity (Wildman–Crippen MR) is 110 cm³/mol. The summed E-state index contributed by atoms with van der Waals surface area (Å²) in [6.45, 7) is 1.17. The zero-order valence-corrected chi connectivity index (χ0v) is 16.5. The average molecular weight is 418 g/mol. The first-order valence-electron chi connectivity index (χ1n) is 10.2. The largest absolute Gasteiger partial charge is 0.471 e. The summed E-state index contributed by atoms with van der Waals surface area (Å²) in [7, 11) is 0. The van der Waals surface area contributed by atoms with Crippen LogP contribution in [0.25, 0.3) is 28.0 Å². The van der Waals surface area contributed by atoms with E-state index in [1.807, 2.05) is 24.3 Å². The van der Waals surface area contributed by atoms with E-state index in [-0.39, 0.29) is 24.1 Å². The topological polar surface area (TPSA) is 70.8 Å². The van der Waals surface area contributed by atoms with Crippen LogP contribution >= 0.6 is 0 Å². The predicted octanol–water partition coefficient (Wildman–Crippen LogP) is 3.74. The standard InChI is InChI=1S/C23H19FN4O3/c24-15-6-4-14(5-7-15)22-21(17-8-10-25-13-26-17)18-2-1-3-20(28(18)27-22)31-19-12-30-23-16(19)9-11-29-23/h1-8,10,13,16,19,23H,9,11-12H2. The van der Waals surface area contributed by atoms with Crippen LogP contribution in [0.2, 0.25) is 0 Å². The van der Waals surface area contributed by atoms with Gasteiger partial charge in [0.15, 0.2) is 6.29 Å². The molecule has 8 heteroatoms. The number of hydrogen-bond acceptors (Lipinski definition) is 6. The summed E-state index contributed by atoms with van der Waals surface area (Å²) in [5.41, 5.74) is 3.89. The first-order chi connectivity index (χ1) is 15.3. The fourth-order valence-corrected chi connectivity index (χ4v) is 4.34. The van der Waals surface area contributed by atoms with Crippen molar-refractivity contribution in [2.75, 3.05) is 13.2 Å². The van der Waals surface area contributed by atoms with Gasteiger partial charge in [-0.2, -0.15) is 9.61 Å². The molecular weight excluding hydrogens is 399 g/mol. The summed E-state index contributed by atoms with van der Waals surface area (Å²) < 4.78 is 33.0. The summed E-state index contributed by atoms with van der Waals surface area (Å²) in [5, 5.41) is 4.85. The number of nitrogens with zero attached hydrogens (tertiary/aromatic N) is 4. The first kappa shape index (κ1) is 18.4. The molecule has 2 aliphatic heterocycles. The normalized spacial score (nSPS) is 22.7. The molecule has 2 fully saturated rings. The Morgan fingerprint density at radius 3 is 2.81 bits per heavy atom. The van der Waals surface area contributed by atoms with Crippen LogP contribution in [-0.2, 0) is 9.47 Å². The highest BCUT2D eigenvalue weighted by Gasteiger charge is 2.43. The van der Waals surface area contributed by atoms with Crippen molar-refractivity contribution >= 4 is 5.52 Å². The summed E-state index contributed by atoms with van der Waals surface area (Å²) in [6.07, 6.45) is 3.82. The second kappa shape index (κ2) is 7.40. The van der Waals surface area contributed by atoms with Crippen LogP contribution in [0.5, 0.6) is 5.88 Å². The van der Waals surface area contributed by atoms with Crippen LogP contribution in [0.3, 0.4) is 0 Å². The Bertz CT molecular complexity index is 1230. The number of hydrogen-bond donors (Lipinski definition) is 0. The van der Waals surface area contributed by atoms with Crippen LogP contribution in [0, 0.1) is 11.7 Å². The first-order valence-corrected chi connectivity index (χ1v) is 10.2. The number of pyridine rings is 1. The molecule has 3 unspecified atom stereocenters. The molecule has 5 heterocycles. The van der Waals surface area contributed by atoms with Crippen molar-refractivity contribution in [1.82, 2.24) is 19.6 Å². The molecule has 7 nitrogen and oxygen atoms in total. The van der Waals surface area contributed by atoms with Crippen molar-refractivity contribution in [1.29, 1.82) is 0 Å². The van der Waals surface area contributed by atoms with Gasteiger partial charge in [0.2, 0.25) is 5.88 Å². The quantitative estimate of drug-likeness (QED) is 0.503. The van der Waals surface area contributed by atoms with Crippen molar-refractivity contribution in [2.45, 2.75) is 18.8 Å². The molecular formula is C23H19FN4O3. The highest BCUT2D eigenvalue weighted by molar-refractivity contribution is 5.91. The van der Waals surface area contributed by atoms with Crippen molar-refractivity contribution in [3.63, 3.8) is 0 Å². The van der Waals surface area contributed by atoms with Gasteiger partial charge in [-0.15, -0.1) is 0 Å². The van der Waals surface area contributed by atoms with Gasteiger partial charge in [0.05, 0.1) is 35.9 Å². The lowest BCUT2D eigenvalue weighted by atomic mass is 10.0. The minimum atomic E-state index is -0.297. The molecule has 0 bridgehead atoms. The number of ether oxygens (including phenoxy) is 3.